The summed E-state index contributed by atoms with van der Waals surface area (Å²) in [4.78, 5) is 13.7. The van der Waals surface area contributed by atoms with E-state index >= 15 is 0 Å². The molecule has 2 atom stereocenters. The summed E-state index contributed by atoms with van der Waals surface area (Å²) >= 11 is 0. The van der Waals surface area contributed by atoms with Crippen LogP contribution in [0.15, 0.2) is 0 Å². The Hall–Kier alpha value is -0.610. The maximum absolute atomic E-state index is 11.9. The van der Waals surface area contributed by atoms with Gasteiger partial charge in [0.2, 0.25) is 5.91 Å². The molecule has 4 nitrogen and oxygen atoms in total. The lowest BCUT2D eigenvalue weighted by atomic mass is 9.91. The first-order valence-corrected chi connectivity index (χ1v) is 6.69. The second-order valence-electron chi connectivity index (χ2n) is 5.28. The molecule has 1 rings (SSSR count). The fraction of sp³-hybridized carbons (Fsp3) is 0.923. The number of hydrogen-bond acceptors (Lipinski definition) is 3. The first kappa shape index (κ1) is 14.5. The van der Waals surface area contributed by atoms with Gasteiger partial charge in [0.25, 0.3) is 0 Å². The third-order valence-corrected chi connectivity index (χ3v) is 3.48. The molecular weight excluding hydrogens is 216 g/mol. The van der Waals surface area contributed by atoms with E-state index in [0.29, 0.717) is 19.0 Å². The van der Waals surface area contributed by atoms with Gasteiger partial charge < -0.3 is 15.3 Å². The lowest BCUT2D eigenvalue weighted by Gasteiger charge is -2.35. The van der Waals surface area contributed by atoms with Crippen molar-refractivity contribution in [3.63, 3.8) is 0 Å². The predicted octanol–water partition coefficient (Wildman–Crippen LogP) is 1.14. The number of nitrogens with zero attached hydrogens (tertiary/aromatic N) is 1. The Labute approximate surface area is 104 Å². The molecule has 1 amide bonds. The van der Waals surface area contributed by atoms with Crippen LogP contribution in [0.1, 0.15) is 46.0 Å². The number of rotatable bonds is 5. The summed E-state index contributed by atoms with van der Waals surface area (Å²) in [6, 6.07) is 0.434. The number of aliphatic hydroxyl groups is 1. The van der Waals surface area contributed by atoms with Crippen molar-refractivity contribution in [2.75, 3.05) is 13.6 Å². The van der Waals surface area contributed by atoms with Gasteiger partial charge in [-0.15, -0.1) is 0 Å². The zero-order valence-electron chi connectivity index (χ0n) is 11.3. The third-order valence-electron chi connectivity index (χ3n) is 3.48. The van der Waals surface area contributed by atoms with Gasteiger partial charge in [-0.05, 0) is 12.8 Å². The van der Waals surface area contributed by atoms with E-state index in [1.807, 2.05) is 7.05 Å². The fourth-order valence-corrected chi connectivity index (χ4v) is 2.37. The van der Waals surface area contributed by atoms with Gasteiger partial charge in [0, 0.05) is 26.1 Å². The molecule has 1 aliphatic rings. The topological polar surface area (TPSA) is 52.6 Å². The Morgan fingerprint density at radius 1 is 1.41 bits per heavy atom. The molecular formula is C13H26N2O2. The molecule has 17 heavy (non-hydrogen) atoms. The van der Waals surface area contributed by atoms with Gasteiger partial charge in [-0.3, -0.25) is 4.79 Å². The molecule has 100 valence electrons. The van der Waals surface area contributed by atoms with E-state index in [9.17, 15) is 9.90 Å². The van der Waals surface area contributed by atoms with Gasteiger partial charge in [0.05, 0.1) is 12.1 Å². The zero-order chi connectivity index (χ0) is 12.8. The number of likely N-dealkylation sites (N-methyl/N-ethyl adjacent to an activating group) is 1. The first-order chi connectivity index (χ1) is 8.02. The van der Waals surface area contributed by atoms with Crippen molar-refractivity contribution >= 4 is 5.91 Å². The fourth-order valence-electron chi connectivity index (χ4n) is 2.37. The predicted molar refractivity (Wildman–Crippen MR) is 68.8 cm³/mol. The highest BCUT2D eigenvalue weighted by Crippen LogP contribution is 2.22. The highest BCUT2D eigenvalue weighted by Gasteiger charge is 2.28. The van der Waals surface area contributed by atoms with Gasteiger partial charge >= 0.3 is 0 Å². The van der Waals surface area contributed by atoms with Crippen LogP contribution in [0.3, 0.4) is 0 Å². The first-order valence-electron chi connectivity index (χ1n) is 6.69. The second kappa shape index (κ2) is 6.97. The van der Waals surface area contributed by atoms with Gasteiger partial charge in [-0.2, -0.15) is 0 Å². The van der Waals surface area contributed by atoms with Crippen LogP contribution in [-0.4, -0.2) is 47.7 Å². The van der Waals surface area contributed by atoms with Crippen molar-refractivity contribution in [3.05, 3.63) is 0 Å². The molecule has 2 unspecified atom stereocenters. The average molecular weight is 242 g/mol. The van der Waals surface area contributed by atoms with E-state index in [0.717, 1.165) is 25.7 Å². The lowest BCUT2D eigenvalue weighted by Crippen LogP contribution is -2.47. The van der Waals surface area contributed by atoms with Gasteiger partial charge in [0.15, 0.2) is 0 Å². The van der Waals surface area contributed by atoms with Crippen LogP contribution in [0.2, 0.25) is 0 Å². The largest absolute Gasteiger partial charge is 0.391 e. The number of hydrogen-bond donors (Lipinski definition) is 2. The zero-order valence-corrected chi connectivity index (χ0v) is 11.3. The number of carbonyl (C=O) groups excluding carboxylic acids is 1. The minimum atomic E-state index is -0.337. The number of carbonyl (C=O) groups is 1. The van der Waals surface area contributed by atoms with Crippen molar-refractivity contribution in [2.45, 2.75) is 64.1 Å². The third kappa shape index (κ3) is 4.64. The Kier molecular flexibility index (Phi) is 5.92. The number of aliphatic hydroxyl groups excluding tert-OH is 1. The van der Waals surface area contributed by atoms with Crippen LogP contribution in [0.5, 0.6) is 0 Å². The molecule has 2 N–H and O–H groups in total. The van der Waals surface area contributed by atoms with E-state index in [4.69, 9.17) is 0 Å². The quantitative estimate of drug-likeness (QED) is 0.760. The van der Waals surface area contributed by atoms with Crippen molar-refractivity contribution < 1.29 is 9.90 Å². The summed E-state index contributed by atoms with van der Waals surface area (Å²) in [6.45, 7) is 4.85. The van der Waals surface area contributed by atoms with Crippen LogP contribution >= 0.6 is 0 Å². The van der Waals surface area contributed by atoms with E-state index in [2.05, 4.69) is 19.2 Å². The summed E-state index contributed by atoms with van der Waals surface area (Å²) in [5.74, 6) is 0.129. The molecule has 4 heteroatoms. The van der Waals surface area contributed by atoms with Crippen LogP contribution in [0, 0.1) is 0 Å². The van der Waals surface area contributed by atoms with Crippen molar-refractivity contribution in [2.24, 2.45) is 0 Å². The summed E-state index contributed by atoms with van der Waals surface area (Å²) in [7, 11) is 1.82. The molecule has 0 bridgehead atoms. The highest BCUT2D eigenvalue weighted by atomic mass is 16.3. The second-order valence-corrected chi connectivity index (χ2v) is 5.28. The van der Waals surface area contributed by atoms with Crippen molar-refractivity contribution in [1.29, 1.82) is 0 Å². The number of nitrogens with one attached hydrogen (secondary N) is 1. The van der Waals surface area contributed by atoms with Crippen LogP contribution in [0.25, 0.3) is 0 Å². The molecule has 0 heterocycles. The smallest absolute Gasteiger partial charge is 0.223 e. The molecule has 0 spiro atoms. The van der Waals surface area contributed by atoms with E-state index < -0.39 is 0 Å². The maximum atomic E-state index is 11.9. The van der Waals surface area contributed by atoms with Crippen LogP contribution < -0.4 is 5.32 Å². The van der Waals surface area contributed by atoms with Crippen molar-refractivity contribution in [3.8, 4) is 0 Å². The molecule has 1 aliphatic carbocycles. The Balaban J connectivity index is 2.34. The minimum absolute atomic E-state index is 0.0234. The molecule has 0 saturated heterocycles. The van der Waals surface area contributed by atoms with E-state index in [-0.39, 0.29) is 18.1 Å². The van der Waals surface area contributed by atoms with Gasteiger partial charge in [-0.1, -0.05) is 26.7 Å². The molecule has 0 aromatic carbocycles. The van der Waals surface area contributed by atoms with Gasteiger partial charge in [-0.25, -0.2) is 0 Å². The summed E-state index contributed by atoms with van der Waals surface area (Å²) in [5.41, 5.74) is 0. The monoisotopic (exact) mass is 242 g/mol. The lowest BCUT2D eigenvalue weighted by molar-refractivity contribution is -0.135. The average Bonchev–Trinajstić information content (AvgIpc) is 2.28. The SMILES string of the molecule is CC(C)NCCC(=O)N(C)C1CCCCC1O. The molecule has 1 saturated carbocycles. The van der Waals surface area contributed by atoms with Crippen LogP contribution in [-0.2, 0) is 4.79 Å². The highest BCUT2D eigenvalue weighted by molar-refractivity contribution is 5.76. The van der Waals surface area contributed by atoms with Crippen LogP contribution in [0.4, 0.5) is 0 Å². The molecule has 1 fully saturated rings. The minimum Gasteiger partial charge on any atom is -0.391 e. The van der Waals surface area contributed by atoms with Crippen molar-refractivity contribution in [1.82, 2.24) is 10.2 Å². The maximum Gasteiger partial charge on any atom is 0.223 e. The Morgan fingerprint density at radius 2 is 2.06 bits per heavy atom. The number of amides is 1. The van der Waals surface area contributed by atoms with E-state index in [1.165, 1.54) is 0 Å². The molecule has 0 aromatic heterocycles. The Morgan fingerprint density at radius 3 is 2.65 bits per heavy atom. The van der Waals surface area contributed by atoms with E-state index in [1.54, 1.807) is 4.90 Å². The normalized spacial score (nSPS) is 25.0. The summed E-state index contributed by atoms with van der Waals surface area (Å²) in [6.07, 6.45) is 4.12. The Bertz CT molecular complexity index is 244. The molecule has 0 aromatic rings. The van der Waals surface area contributed by atoms with Gasteiger partial charge in [0.1, 0.15) is 0 Å². The summed E-state index contributed by atoms with van der Waals surface area (Å²) in [5, 5.41) is 13.1. The molecule has 0 aliphatic heterocycles. The standard InChI is InChI=1S/C13H26N2O2/c1-10(2)14-9-8-13(17)15(3)11-6-4-5-7-12(11)16/h10-12,14,16H,4-9H2,1-3H3. The molecule has 0 radical (unpaired) electrons. The summed E-state index contributed by atoms with van der Waals surface area (Å²) < 4.78 is 0.